The van der Waals surface area contributed by atoms with Crippen LogP contribution < -0.4 is 0 Å². The third-order valence-electron chi connectivity index (χ3n) is 3.53. The van der Waals surface area contributed by atoms with Gasteiger partial charge < -0.3 is 4.57 Å². The van der Waals surface area contributed by atoms with Crippen LogP contribution in [-0.4, -0.2) is 9.55 Å². The second-order valence-electron chi connectivity index (χ2n) is 4.97. The van der Waals surface area contributed by atoms with Crippen molar-refractivity contribution in [3.05, 3.63) is 66.4 Å². The smallest absolute Gasteiger partial charge is 0.327 e. The van der Waals surface area contributed by atoms with Gasteiger partial charge in [-0.05, 0) is 17.7 Å². The molecule has 0 fully saturated rings. The molecule has 0 saturated heterocycles. The molecule has 0 aliphatic rings. The van der Waals surface area contributed by atoms with Crippen LogP contribution in [0.5, 0.6) is 0 Å². The van der Waals surface area contributed by atoms with Gasteiger partial charge in [0.25, 0.3) is 0 Å². The van der Waals surface area contributed by atoms with E-state index >= 15 is 0 Å². The zero-order valence-electron chi connectivity index (χ0n) is 11.8. The van der Waals surface area contributed by atoms with Crippen molar-refractivity contribution in [2.45, 2.75) is 6.18 Å². The van der Waals surface area contributed by atoms with E-state index in [0.29, 0.717) is 5.56 Å². The largest absolute Gasteiger partial charge is 0.416 e. The maximum atomic E-state index is 12.6. The highest BCUT2D eigenvalue weighted by Crippen LogP contribution is 2.31. The zero-order valence-corrected chi connectivity index (χ0v) is 11.8. The third kappa shape index (κ3) is 2.62. The summed E-state index contributed by atoms with van der Waals surface area (Å²) < 4.78 is 39.7. The number of halogens is 3. The predicted molar refractivity (Wildman–Crippen MR) is 79.1 cm³/mol. The Bertz CT molecular complexity index is 772. The fraction of sp³-hybridized carbons (Fsp3) is 0.118. The van der Waals surface area contributed by atoms with Crippen molar-refractivity contribution in [1.29, 1.82) is 0 Å². The number of alkyl halides is 3. The van der Waals surface area contributed by atoms with Crippen molar-refractivity contribution >= 4 is 0 Å². The average molecular weight is 302 g/mol. The highest BCUT2D eigenvalue weighted by Gasteiger charge is 2.30. The summed E-state index contributed by atoms with van der Waals surface area (Å²) in [7, 11) is 1.85. The molecular weight excluding hydrogens is 289 g/mol. The Labute approximate surface area is 125 Å². The Kier molecular flexibility index (Phi) is 3.48. The molecule has 0 unspecified atom stereocenters. The van der Waals surface area contributed by atoms with E-state index in [9.17, 15) is 13.2 Å². The normalized spacial score (nSPS) is 11.6. The van der Waals surface area contributed by atoms with Gasteiger partial charge in [0.1, 0.15) is 5.82 Å². The highest BCUT2D eigenvalue weighted by molar-refractivity contribution is 5.65. The lowest BCUT2D eigenvalue weighted by Crippen LogP contribution is -2.04. The second kappa shape index (κ2) is 5.33. The lowest BCUT2D eigenvalue weighted by Gasteiger charge is -2.09. The maximum Gasteiger partial charge on any atom is 0.416 e. The molecule has 0 amide bonds. The lowest BCUT2D eigenvalue weighted by molar-refractivity contribution is -0.137. The topological polar surface area (TPSA) is 17.8 Å². The minimum atomic E-state index is -4.32. The zero-order chi connectivity index (χ0) is 15.7. The fourth-order valence-electron chi connectivity index (χ4n) is 2.36. The van der Waals surface area contributed by atoms with Crippen LogP contribution in [0, 0.1) is 0 Å². The molecule has 0 radical (unpaired) electrons. The van der Waals surface area contributed by atoms with Gasteiger partial charge >= 0.3 is 6.18 Å². The Morgan fingerprint density at radius 1 is 0.864 bits per heavy atom. The molecule has 22 heavy (non-hydrogen) atoms. The number of aromatic nitrogens is 2. The van der Waals surface area contributed by atoms with Crippen molar-refractivity contribution < 1.29 is 13.2 Å². The molecule has 0 aliphatic heterocycles. The van der Waals surface area contributed by atoms with E-state index in [0.717, 1.165) is 29.2 Å². The molecule has 112 valence electrons. The summed E-state index contributed by atoms with van der Waals surface area (Å²) in [6, 6.07) is 14.8. The van der Waals surface area contributed by atoms with Crippen LogP contribution in [0.4, 0.5) is 13.2 Å². The van der Waals surface area contributed by atoms with Gasteiger partial charge in [0.2, 0.25) is 0 Å². The Morgan fingerprint density at radius 3 is 2.09 bits per heavy atom. The molecule has 2 aromatic carbocycles. The molecule has 0 saturated carbocycles. The van der Waals surface area contributed by atoms with E-state index in [-0.39, 0.29) is 0 Å². The van der Waals surface area contributed by atoms with E-state index in [1.165, 1.54) is 12.1 Å². The first-order chi connectivity index (χ1) is 10.5. The van der Waals surface area contributed by atoms with E-state index in [1.807, 2.05) is 41.9 Å². The average Bonchev–Trinajstić information content (AvgIpc) is 2.89. The Balaban J connectivity index is 1.98. The molecule has 3 aromatic rings. The SMILES string of the molecule is Cn1c(-c2ccc(C(F)(F)F)cc2)cnc1-c1ccccc1. The van der Waals surface area contributed by atoms with Crippen molar-refractivity contribution in [2.24, 2.45) is 7.05 Å². The van der Waals surface area contributed by atoms with Crippen molar-refractivity contribution in [3.63, 3.8) is 0 Å². The molecule has 3 rings (SSSR count). The molecular formula is C17H13F3N2. The molecule has 2 nitrogen and oxygen atoms in total. The molecule has 0 spiro atoms. The predicted octanol–water partition coefficient (Wildman–Crippen LogP) is 4.77. The number of rotatable bonds is 2. The minimum absolute atomic E-state index is 0.651. The van der Waals surface area contributed by atoms with Crippen LogP contribution in [-0.2, 0) is 13.2 Å². The van der Waals surface area contributed by atoms with Crippen molar-refractivity contribution in [3.8, 4) is 22.6 Å². The molecule has 0 bridgehead atoms. The molecule has 0 atom stereocenters. The van der Waals surface area contributed by atoms with Gasteiger partial charge in [-0.2, -0.15) is 13.2 Å². The highest BCUT2D eigenvalue weighted by atomic mass is 19.4. The lowest BCUT2D eigenvalue weighted by atomic mass is 10.1. The van der Waals surface area contributed by atoms with Crippen LogP contribution in [0.25, 0.3) is 22.6 Å². The summed E-state index contributed by atoms with van der Waals surface area (Å²) in [6.45, 7) is 0. The monoisotopic (exact) mass is 302 g/mol. The molecule has 1 aromatic heterocycles. The van der Waals surface area contributed by atoms with Crippen LogP contribution in [0.1, 0.15) is 5.56 Å². The molecule has 1 heterocycles. The van der Waals surface area contributed by atoms with Gasteiger partial charge in [0, 0.05) is 12.6 Å². The van der Waals surface area contributed by atoms with Gasteiger partial charge in [-0.25, -0.2) is 4.98 Å². The van der Waals surface area contributed by atoms with Gasteiger partial charge in [0.15, 0.2) is 0 Å². The summed E-state index contributed by atoms with van der Waals surface area (Å²) in [5, 5.41) is 0. The summed E-state index contributed by atoms with van der Waals surface area (Å²) in [5.41, 5.74) is 1.78. The number of hydrogen-bond donors (Lipinski definition) is 0. The summed E-state index contributed by atoms with van der Waals surface area (Å²) >= 11 is 0. The standard InChI is InChI=1S/C17H13F3N2/c1-22-15(11-21-16(22)13-5-3-2-4-6-13)12-7-9-14(10-8-12)17(18,19)20/h2-11H,1H3. The van der Waals surface area contributed by atoms with Gasteiger partial charge in [-0.15, -0.1) is 0 Å². The fourth-order valence-corrected chi connectivity index (χ4v) is 2.36. The van der Waals surface area contributed by atoms with Gasteiger partial charge in [-0.3, -0.25) is 0 Å². The maximum absolute atomic E-state index is 12.6. The molecule has 0 N–H and O–H groups in total. The summed E-state index contributed by atoms with van der Waals surface area (Å²) in [6.07, 6.45) is -2.65. The quantitative estimate of drug-likeness (QED) is 0.666. The van der Waals surface area contributed by atoms with E-state index in [2.05, 4.69) is 4.98 Å². The third-order valence-corrected chi connectivity index (χ3v) is 3.53. The molecule has 5 heteroatoms. The van der Waals surface area contributed by atoms with Crippen LogP contribution in [0.15, 0.2) is 60.8 Å². The van der Waals surface area contributed by atoms with Crippen molar-refractivity contribution in [1.82, 2.24) is 9.55 Å². The molecule has 0 aliphatic carbocycles. The first kappa shape index (κ1) is 14.4. The van der Waals surface area contributed by atoms with Crippen molar-refractivity contribution in [2.75, 3.05) is 0 Å². The number of nitrogens with zero attached hydrogens (tertiary/aromatic N) is 2. The van der Waals surface area contributed by atoms with Gasteiger partial charge in [-0.1, -0.05) is 42.5 Å². The van der Waals surface area contributed by atoms with E-state index in [1.54, 1.807) is 6.20 Å². The number of imidazole rings is 1. The first-order valence-corrected chi connectivity index (χ1v) is 6.71. The second-order valence-corrected chi connectivity index (χ2v) is 4.97. The van der Waals surface area contributed by atoms with Crippen LogP contribution in [0.2, 0.25) is 0 Å². The number of benzene rings is 2. The minimum Gasteiger partial charge on any atom is -0.327 e. The summed E-state index contributed by atoms with van der Waals surface area (Å²) in [5.74, 6) is 0.774. The summed E-state index contributed by atoms with van der Waals surface area (Å²) in [4.78, 5) is 4.37. The number of hydrogen-bond acceptors (Lipinski definition) is 1. The first-order valence-electron chi connectivity index (χ1n) is 6.71. The van der Waals surface area contributed by atoms with Crippen LogP contribution >= 0.6 is 0 Å². The van der Waals surface area contributed by atoms with Crippen LogP contribution in [0.3, 0.4) is 0 Å². The van der Waals surface area contributed by atoms with E-state index in [4.69, 9.17) is 0 Å². The van der Waals surface area contributed by atoms with Gasteiger partial charge in [0.05, 0.1) is 17.5 Å². The Morgan fingerprint density at radius 2 is 1.50 bits per heavy atom. The van der Waals surface area contributed by atoms with E-state index < -0.39 is 11.7 Å². The Hall–Kier alpha value is -2.56.